The van der Waals surface area contributed by atoms with Gasteiger partial charge >= 0.3 is 0 Å². The number of aromatic nitrogens is 5. The lowest BCUT2D eigenvalue weighted by Gasteiger charge is -2.25. The number of amides is 1. The van der Waals surface area contributed by atoms with E-state index in [2.05, 4.69) is 37.2 Å². The standard InChI is InChI=1S/C29H33ClN8O2S/c1-6-38-28(40)18-12-15(2)11-17(16(3)31-22-7-8-23(30)32-26(22)27(39)35-41-5)25(18)33-29(38)37-13-19-20(14-37)24(19)21-9-10-36(4)34-21/h7-12,16,19-20,24,31H,6,13-14H2,1-5H3,(H,35,39). The fourth-order valence-corrected chi connectivity index (χ4v) is 6.69. The molecule has 1 aliphatic carbocycles. The van der Waals surface area contributed by atoms with Gasteiger partial charge in [0.1, 0.15) is 5.15 Å². The molecular weight excluding hydrogens is 560 g/mol. The molecule has 1 saturated heterocycles. The number of pyridine rings is 1. The van der Waals surface area contributed by atoms with Crippen molar-refractivity contribution < 1.29 is 4.79 Å². The third-order valence-corrected chi connectivity index (χ3v) is 8.79. The Kier molecular flexibility index (Phi) is 7.19. The van der Waals surface area contributed by atoms with Crippen LogP contribution < -0.4 is 20.5 Å². The van der Waals surface area contributed by atoms with E-state index in [0.29, 0.717) is 46.8 Å². The number of piperidine rings is 1. The van der Waals surface area contributed by atoms with Gasteiger partial charge < -0.3 is 10.2 Å². The number of carbonyl (C=O) groups excluding carboxylic acids is 1. The summed E-state index contributed by atoms with van der Waals surface area (Å²) in [5, 5.41) is 8.88. The molecule has 3 unspecified atom stereocenters. The number of nitrogens with one attached hydrogen (secondary N) is 2. The van der Waals surface area contributed by atoms with E-state index in [1.165, 1.54) is 11.9 Å². The Morgan fingerprint density at radius 2 is 1.95 bits per heavy atom. The van der Waals surface area contributed by atoms with Crippen molar-refractivity contribution in [2.24, 2.45) is 18.9 Å². The summed E-state index contributed by atoms with van der Waals surface area (Å²) in [5.41, 5.74) is 4.37. The minimum absolute atomic E-state index is 0.0419. The Balaban J connectivity index is 1.35. The van der Waals surface area contributed by atoms with Gasteiger partial charge in [-0.15, -0.1) is 0 Å². The molecule has 0 bridgehead atoms. The summed E-state index contributed by atoms with van der Waals surface area (Å²) in [7, 11) is 1.95. The molecule has 10 nitrogen and oxygen atoms in total. The van der Waals surface area contributed by atoms with Crippen molar-refractivity contribution in [2.75, 3.05) is 29.6 Å². The molecule has 0 radical (unpaired) electrons. The molecule has 3 atom stereocenters. The smallest absolute Gasteiger partial charge is 0.281 e. The first-order chi connectivity index (χ1) is 19.7. The Hall–Kier alpha value is -3.57. The van der Waals surface area contributed by atoms with Gasteiger partial charge in [0.25, 0.3) is 11.5 Å². The van der Waals surface area contributed by atoms with Crippen LogP contribution in [0, 0.1) is 18.8 Å². The van der Waals surface area contributed by atoms with E-state index < -0.39 is 0 Å². The number of fused-ring (bicyclic) bond motifs is 2. The molecule has 12 heteroatoms. The Morgan fingerprint density at radius 1 is 1.20 bits per heavy atom. The van der Waals surface area contributed by atoms with Crippen LogP contribution in [0.15, 0.2) is 41.3 Å². The largest absolute Gasteiger partial charge is 0.377 e. The maximum absolute atomic E-state index is 13.8. The normalized spacial score (nSPS) is 20.2. The molecule has 41 heavy (non-hydrogen) atoms. The van der Waals surface area contributed by atoms with Crippen LogP contribution in [0.1, 0.15) is 53.1 Å². The highest BCUT2D eigenvalue weighted by Crippen LogP contribution is 2.58. The van der Waals surface area contributed by atoms with Gasteiger partial charge in [-0.1, -0.05) is 29.6 Å². The van der Waals surface area contributed by atoms with Crippen molar-refractivity contribution >= 4 is 52.0 Å². The van der Waals surface area contributed by atoms with Crippen LogP contribution >= 0.6 is 23.5 Å². The van der Waals surface area contributed by atoms with Gasteiger partial charge in [0.05, 0.1) is 28.3 Å². The van der Waals surface area contributed by atoms with Crippen LogP contribution in [0.4, 0.5) is 11.6 Å². The van der Waals surface area contributed by atoms with E-state index >= 15 is 0 Å². The molecule has 4 aromatic rings. The first-order valence-electron chi connectivity index (χ1n) is 13.8. The number of nitrogens with zero attached hydrogens (tertiary/aromatic N) is 6. The van der Waals surface area contributed by atoms with Gasteiger partial charge in [0.15, 0.2) is 5.69 Å². The first kappa shape index (κ1) is 27.6. The summed E-state index contributed by atoms with van der Waals surface area (Å²) in [6.07, 6.45) is 3.77. The van der Waals surface area contributed by atoms with E-state index in [-0.39, 0.29) is 28.4 Å². The lowest BCUT2D eigenvalue weighted by molar-refractivity contribution is 0.0980. The fourth-order valence-electron chi connectivity index (χ4n) is 6.26. The van der Waals surface area contributed by atoms with E-state index in [4.69, 9.17) is 16.6 Å². The van der Waals surface area contributed by atoms with Crippen LogP contribution in [-0.2, 0) is 13.6 Å². The number of rotatable bonds is 8. The van der Waals surface area contributed by atoms with Gasteiger partial charge in [-0.2, -0.15) is 5.10 Å². The second-order valence-corrected chi connectivity index (χ2v) is 11.9. The first-order valence-corrected chi connectivity index (χ1v) is 15.4. The summed E-state index contributed by atoms with van der Waals surface area (Å²) >= 11 is 7.31. The molecule has 6 rings (SSSR count). The molecule has 3 aromatic heterocycles. The van der Waals surface area contributed by atoms with Crippen LogP contribution in [0.2, 0.25) is 5.15 Å². The van der Waals surface area contributed by atoms with Crippen LogP contribution in [-0.4, -0.2) is 49.6 Å². The molecular formula is C29H33ClN8O2S. The zero-order valence-corrected chi connectivity index (χ0v) is 25.3. The molecule has 1 amide bonds. The average molecular weight is 593 g/mol. The molecule has 1 saturated carbocycles. The molecule has 1 aliphatic heterocycles. The quantitative estimate of drug-likeness (QED) is 0.227. The molecule has 214 valence electrons. The number of benzene rings is 1. The summed E-state index contributed by atoms with van der Waals surface area (Å²) < 4.78 is 6.36. The second-order valence-electron chi connectivity index (χ2n) is 10.9. The molecule has 0 spiro atoms. The maximum Gasteiger partial charge on any atom is 0.281 e. The van der Waals surface area contributed by atoms with E-state index in [0.717, 1.165) is 29.9 Å². The Labute approximate surface area is 247 Å². The minimum atomic E-state index is -0.341. The monoisotopic (exact) mass is 592 g/mol. The predicted molar refractivity (Wildman–Crippen MR) is 164 cm³/mol. The maximum atomic E-state index is 13.8. The minimum Gasteiger partial charge on any atom is -0.377 e. The third-order valence-electron chi connectivity index (χ3n) is 8.19. The number of halogens is 1. The summed E-state index contributed by atoms with van der Waals surface area (Å²) in [5.74, 6) is 1.88. The number of hydrogen-bond donors (Lipinski definition) is 2. The highest BCUT2D eigenvalue weighted by atomic mass is 35.5. The molecule has 2 fully saturated rings. The van der Waals surface area contributed by atoms with Gasteiger partial charge in [-0.3, -0.25) is 23.6 Å². The number of carbonyl (C=O) groups is 1. The third kappa shape index (κ3) is 4.95. The second kappa shape index (κ2) is 10.7. The zero-order chi connectivity index (χ0) is 29.0. The Morgan fingerprint density at radius 3 is 2.61 bits per heavy atom. The highest BCUT2D eigenvalue weighted by molar-refractivity contribution is 7.97. The van der Waals surface area contributed by atoms with Crippen molar-refractivity contribution in [1.29, 1.82) is 0 Å². The zero-order valence-electron chi connectivity index (χ0n) is 23.7. The van der Waals surface area contributed by atoms with Gasteiger partial charge in [0, 0.05) is 50.6 Å². The molecule has 2 N–H and O–H groups in total. The topological polar surface area (TPSA) is 110 Å². The van der Waals surface area contributed by atoms with E-state index in [1.807, 2.05) is 44.8 Å². The van der Waals surface area contributed by atoms with Gasteiger partial charge in [0.2, 0.25) is 5.95 Å². The molecule has 4 heterocycles. The number of anilines is 2. The van der Waals surface area contributed by atoms with Crippen molar-refractivity contribution in [3.05, 3.63) is 74.6 Å². The van der Waals surface area contributed by atoms with Crippen molar-refractivity contribution in [3.63, 3.8) is 0 Å². The fraction of sp³-hybridized carbons (Fsp3) is 0.414. The summed E-state index contributed by atoms with van der Waals surface area (Å²) in [6.45, 7) is 8.20. The lowest BCUT2D eigenvalue weighted by atomic mass is 10.0. The summed E-state index contributed by atoms with van der Waals surface area (Å²) in [4.78, 5) is 38.2. The van der Waals surface area contributed by atoms with Crippen LogP contribution in [0.3, 0.4) is 0 Å². The van der Waals surface area contributed by atoms with Crippen molar-refractivity contribution in [3.8, 4) is 0 Å². The van der Waals surface area contributed by atoms with E-state index in [1.54, 1.807) is 23.0 Å². The van der Waals surface area contributed by atoms with Gasteiger partial charge in [-0.05, 0) is 62.4 Å². The lowest BCUT2D eigenvalue weighted by Crippen LogP contribution is -2.33. The predicted octanol–water partition coefficient (Wildman–Crippen LogP) is 4.54. The summed E-state index contributed by atoms with van der Waals surface area (Å²) in [6, 6.07) is 9.19. The number of aryl methyl sites for hydroxylation is 2. The van der Waals surface area contributed by atoms with E-state index in [9.17, 15) is 9.59 Å². The van der Waals surface area contributed by atoms with Crippen molar-refractivity contribution in [1.82, 2.24) is 29.0 Å². The van der Waals surface area contributed by atoms with Crippen LogP contribution in [0.25, 0.3) is 10.9 Å². The molecule has 2 aliphatic rings. The Bertz CT molecular complexity index is 1710. The van der Waals surface area contributed by atoms with Gasteiger partial charge in [-0.25, -0.2) is 9.97 Å². The molecule has 1 aromatic carbocycles. The van der Waals surface area contributed by atoms with Crippen LogP contribution in [0.5, 0.6) is 0 Å². The average Bonchev–Trinajstić information content (AvgIpc) is 3.23. The highest BCUT2D eigenvalue weighted by Gasteiger charge is 2.57. The van der Waals surface area contributed by atoms with Crippen molar-refractivity contribution in [2.45, 2.75) is 39.3 Å². The SMILES string of the molecule is CCn1c(N2CC3C(C2)C3c2ccn(C)n2)nc2c(C(C)Nc3ccc(Cl)nc3C(=O)NSC)cc(C)cc2c1=O. The number of hydrogen-bond acceptors (Lipinski definition) is 8.